The van der Waals surface area contributed by atoms with Gasteiger partial charge in [0.1, 0.15) is 23.1 Å². The highest BCUT2D eigenvalue weighted by atomic mass is 16.5. The van der Waals surface area contributed by atoms with Crippen LogP contribution in [0.25, 0.3) is 11.0 Å². The van der Waals surface area contributed by atoms with Gasteiger partial charge in [-0.1, -0.05) is 6.07 Å². The predicted octanol–water partition coefficient (Wildman–Crippen LogP) is 3.01. The molecule has 3 heterocycles. The average molecular weight is 520 g/mol. The maximum atomic E-state index is 13.1. The number of carbonyl (C=O) groups excluding carboxylic acids is 2. The van der Waals surface area contributed by atoms with Gasteiger partial charge >= 0.3 is 5.97 Å². The summed E-state index contributed by atoms with van der Waals surface area (Å²) in [5.74, 6) is -0.109. The van der Waals surface area contributed by atoms with Gasteiger partial charge in [-0.15, -0.1) is 0 Å². The van der Waals surface area contributed by atoms with Crippen molar-refractivity contribution in [1.82, 2.24) is 25.5 Å². The summed E-state index contributed by atoms with van der Waals surface area (Å²) >= 11 is 0. The van der Waals surface area contributed by atoms with Gasteiger partial charge in [0.05, 0.1) is 17.1 Å². The molecule has 7 rings (SSSR count). The zero-order chi connectivity index (χ0) is 26.5. The minimum atomic E-state index is -0.691. The van der Waals surface area contributed by atoms with Gasteiger partial charge in [-0.2, -0.15) is 5.10 Å². The van der Waals surface area contributed by atoms with Crippen molar-refractivity contribution in [3.63, 3.8) is 0 Å². The second kappa shape index (κ2) is 8.96. The molecule has 3 aromatic rings. The molecule has 1 aromatic carbocycles. The molecule has 2 bridgehead atoms. The maximum absolute atomic E-state index is 13.1. The van der Waals surface area contributed by atoms with E-state index >= 15 is 0 Å². The highest BCUT2D eigenvalue weighted by molar-refractivity contribution is 6.04. The molecule has 3 fully saturated rings. The first-order valence-electron chi connectivity index (χ1n) is 12.8. The van der Waals surface area contributed by atoms with Crippen LogP contribution < -0.4 is 20.7 Å². The standard InChI is InChI=1S/C26H29N7O5/c1-14(15-2-3-17-16(10-15)31-18(34)11-38-17)30-22-20-19(32-33-22)21(29-13-28-20)23(35)27-12-25-4-7-26(8-5-25,9-6-25)24(36)37/h2-3,10,13-14H,4-9,11-12H2,1H3,(H,27,35)(H,31,34)(H,36,37)(H2,30,32,33). The number of benzene rings is 1. The Bertz CT molecular complexity index is 1430. The van der Waals surface area contributed by atoms with Crippen LogP contribution >= 0.6 is 0 Å². The predicted molar refractivity (Wildman–Crippen MR) is 137 cm³/mol. The Hall–Kier alpha value is -4.22. The lowest BCUT2D eigenvalue weighted by atomic mass is 9.53. The van der Waals surface area contributed by atoms with Gasteiger partial charge < -0.3 is 25.8 Å². The number of hydrogen-bond acceptors (Lipinski definition) is 8. The SMILES string of the molecule is CC(Nc1n[nH]c2c(C(=O)NCC34CCC(C(=O)O)(CC3)CC4)ncnc12)c1ccc2c(c1)NC(=O)CO2. The normalized spacial score (nSPS) is 24.7. The smallest absolute Gasteiger partial charge is 0.309 e. The third-order valence-electron chi connectivity index (χ3n) is 8.54. The van der Waals surface area contributed by atoms with E-state index < -0.39 is 11.4 Å². The fourth-order valence-electron chi connectivity index (χ4n) is 5.97. The summed E-state index contributed by atoms with van der Waals surface area (Å²) < 4.78 is 5.43. The van der Waals surface area contributed by atoms with Gasteiger partial charge in [0.25, 0.3) is 11.8 Å². The number of amides is 2. The van der Waals surface area contributed by atoms with Gasteiger partial charge in [0.2, 0.25) is 0 Å². The Morgan fingerprint density at radius 3 is 2.66 bits per heavy atom. The number of aliphatic carboxylic acids is 1. The molecule has 38 heavy (non-hydrogen) atoms. The zero-order valence-corrected chi connectivity index (χ0v) is 21.0. The van der Waals surface area contributed by atoms with Gasteiger partial charge in [0.15, 0.2) is 18.1 Å². The molecule has 2 aromatic heterocycles. The second-order valence-electron chi connectivity index (χ2n) is 10.7. The van der Waals surface area contributed by atoms with Gasteiger partial charge in [0, 0.05) is 6.54 Å². The van der Waals surface area contributed by atoms with E-state index in [9.17, 15) is 19.5 Å². The Labute approximate surface area is 218 Å². The lowest BCUT2D eigenvalue weighted by molar-refractivity contribution is -0.158. The van der Waals surface area contributed by atoms with Crippen molar-refractivity contribution in [3.05, 3.63) is 35.8 Å². The molecule has 1 atom stereocenters. The average Bonchev–Trinajstić information content (AvgIpc) is 3.35. The van der Waals surface area contributed by atoms with E-state index in [0.717, 1.165) is 24.8 Å². The molecule has 1 aliphatic heterocycles. The number of hydrogen-bond donors (Lipinski definition) is 5. The summed E-state index contributed by atoms with van der Waals surface area (Å²) in [5.41, 5.74) is 2.01. The zero-order valence-electron chi connectivity index (χ0n) is 21.0. The number of carboxylic acids is 1. The molecule has 3 saturated carbocycles. The Kier molecular flexibility index (Phi) is 5.69. The van der Waals surface area contributed by atoms with E-state index in [-0.39, 0.29) is 35.6 Å². The number of anilines is 2. The van der Waals surface area contributed by atoms with Crippen molar-refractivity contribution in [2.24, 2.45) is 10.8 Å². The summed E-state index contributed by atoms with van der Waals surface area (Å²) in [5, 5.41) is 26.0. The summed E-state index contributed by atoms with van der Waals surface area (Å²) in [6.45, 7) is 2.44. The molecule has 5 N–H and O–H groups in total. The molecule has 0 saturated heterocycles. The van der Waals surface area contributed by atoms with Crippen LogP contribution in [0.4, 0.5) is 11.5 Å². The van der Waals surface area contributed by atoms with Crippen molar-refractivity contribution >= 4 is 40.3 Å². The number of nitrogens with zero attached hydrogens (tertiary/aromatic N) is 3. The highest BCUT2D eigenvalue weighted by Crippen LogP contribution is 2.56. The van der Waals surface area contributed by atoms with Crippen LogP contribution in [0, 0.1) is 10.8 Å². The number of carbonyl (C=O) groups is 3. The van der Waals surface area contributed by atoms with Crippen molar-refractivity contribution in [2.75, 3.05) is 23.8 Å². The first-order valence-corrected chi connectivity index (χ1v) is 12.8. The lowest BCUT2D eigenvalue weighted by Crippen LogP contribution is -2.50. The van der Waals surface area contributed by atoms with Gasteiger partial charge in [-0.05, 0) is 68.6 Å². The number of H-pyrrole nitrogens is 1. The van der Waals surface area contributed by atoms with E-state index in [1.54, 1.807) is 0 Å². The topological polar surface area (TPSA) is 171 Å². The van der Waals surface area contributed by atoms with E-state index in [1.165, 1.54) is 6.33 Å². The largest absolute Gasteiger partial charge is 0.482 e. The van der Waals surface area contributed by atoms with Crippen LogP contribution in [-0.2, 0) is 9.59 Å². The van der Waals surface area contributed by atoms with Gasteiger partial charge in [-0.3, -0.25) is 19.5 Å². The molecule has 2 amide bonds. The van der Waals surface area contributed by atoms with Crippen LogP contribution in [0.5, 0.6) is 5.75 Å². The summed E-state index contributed by atoms with van der Waals surface area (Å²) in [4.78, 5) is 45.1. The van der Waals surface area contributed by atoms with E-state index in [1.807, 2.05) is 25.1 Å². The number of rotatable bonds is 7. The molecule has 1 unspecified atom stereocenters. The Morgan fingerprint density at radius 1 is 1.16 bits per heavy atom. The Morgan fingerprint density at radius 2 is 1.92 bits per heavy atom. The van der Waals surface area contributed by atoms with Crippen LogP contribution in [-0.4, -0.2) is 56.2 Å². The number of ether oxygens (including phenoxy) is 1. The molecule has 0 spiro atoms. The molecule has 12 nitrogen and oxygen atoms in total. The van der Waals surface area contributed by atoms with E-state index in [4.69, 9.17) is 4.74 Å². The first-order chi connectivity index (χ1) is 18.3. The van der Waals surface area contributed by atoms with Gasteiger partial charge in [-0.25, -0.2) is 9.97 Å². The molecule has 4 aliphatic rings. The van der Waals surface area contributed by atoms with Crippen molar-refractivity contribution < 1.29 is 24.2 Å². The fraction of sp³-hybridized carbons (Fsp3) is 0.462. The highest BCUT2D eigenvalue weighted by Gasteiger charge is 2.52. The van der Waals surface area contributed by atoms with E-state index in [2.05, 4.69) is 36.1 Å². The second-order valence-corrected chi connectivity index (χ2v) is 10.7. The van der Waals surface area contributed by atoms with Crippen LogP contribution in [0.2, 0.25) is 0 Å². The molecule has 12 heteroatoms. The van der Waals surface area contributed by atoms with Crippen LogP contribution in [0.1, 0.15) is 67.5 Å². The number of aromatic amines is 1. The molecular formula is C26H29N7O5. The van der Waals surface area contributed by atoms with E-state index in [0.29, 0.717) is 54.1 Å². The molecule has 3 aliphatic carbocycles. The van der Waals surface area contributed by atoms with Crippen molar-refractivity contribution in [2.45, 2.75) is 51.5 Å². The quantitative estimate of drug-likeness (QED) is 0.315. The minimum Gasteiger partial charge on any atom is -0.482 e. The van der Waals surface area contributed by atoms with Crippen LogP contribution in [0.15, 0.2) is 24.5 Å². The molecule has 0 radical (unpaired) electrons. The third-order valence-corrected chi connectivity index (χ3v) is 8.54. The summed E-state index contributed by atoms with van der Waals surface area (Å²) in [6.07, 6.45) is 5.72. The number of fused-ring (bicyclic) bond motifs is 5. The first kappa shape index (κ1) is 24.1. The van der Waals surface area contributed by atoms with Crippen molar-refractivity contribution in [1.29, 1.82) is 0 Å². The number of nitrogens with one attached hydrogen (secondary N) is 4. The van der Waals surface area contributed by atoms with Crippen molar-refractivity contribution in [3.8, 4) is 5.75 Å². The fourth-order valence-corrected chi connectivity index (χ4v) is 5.97. The molecule has 198 valence electrons. The maximum Gasteiger partial charge on any atom is 0.309 e. The minimum absolute atomic E-state index is 0.00142. The monoisotopic (exact) mass is 519 g/mol. The Balaban J connectivity index is 1.15. The third kappa shape index (κ3) is 4.09. The number of aromatic nitrogens is 4. The van der Waals surface area contributed by atoms with Crippen LogP contribution in [0.3, 0.4) is 0 Å². The molecular weight excluding hydrogens is 490 g/mol. The number of carboxylic acid groups (broad SMARTS) is 1. The summed E-state index contributed by atoms with van der Waals surface area (Å²) in [7, 11) is 0. The lowest BCUT2D eigenvalue weighted by Gasteiger charge is -2.51. The summed E-state index contributed by atoms with van der Waals surface area (Å²) in [6, 6.07) is 5.39.